The summed E-state index contributed by atoms with van der Waals surface area (Å²) in [6.45, 7) is 4.74. The lowest BCUT2D eigenvalue weighted by atomic mass is 9.81. The summed E-state index contributed by atoms with van der Waals surface area (Å²) < 4.78 is 6.06. The van der Waals surface area contributed by atoms with Crippen molar-refractivity contribution < 1.29 is 4.42 Å². The fourth-order valence-electron chi connectivity index (χ4n) is 5.84. The van der Waals surface area contributed by atoms with E-state index < -0.39 is 0 Å². The monoisotopic (exact) mass is 498 g/mol. The predicted octanol–water partition coefficient (Wildman–Crippen LogP) is 10.2. The molecular weight excluding hydrogens is 476 g/mol. The van der Waals surface area contributed by atoms with Gasteiger partial charge in [0.15, 0.2) is 0 Å². The van der Waals surface area contributed by atoms with Gasteiger partial charge in [-0.25, -0.2) is 0 Å². The lowest BCUT2D eigenvalue weighted by Crippen LogP contribution is -2.15. The highest BCUT2D eigenvalue weighted by atomic mass is 32.2. The smallest absolute Gasteiger partial charge is 0.135 e. The quantitative estimate of drug-likeness (QED) is 0.223. The van der Waals surface area contributed by atoms with Crippen LogP contribution in [0.3, 0.4) is 0 Å². The largest absolute Gasteiger partial charge is 0.456 e. The third-order valence-electron chi connectivity index (χ3n) is 7.74. The minimum absolute atomic E-state index is 0.0513. The van der Waals surface area contributed by atoms with E-state index in [1.807, 2.05) is 35.7 Å². The van der Waals surface area contributed by atoms with Gasteiger partial charge in [0.25, 0.3) is 0 Å². The zero-order valence-electron chi connectivity index (χ0n) is 20.0. The van der Waals surface area contributed by atoms with E-state index in [9.17, 15) is 0 Å². The summed E-state index contributed by atoms with van der Waals surface area (Å²) in [4.78, 5) is 5.44. The molecule has 0 saturated heterocycles. The summed E-state index contributed by atoms with van der Waals surface area (Å²) in [5.74, 6) is 0. The van der Waals surface area contributed by atoms with E-state index in [0.29, 0.717) is 0 Å². The van der Waals surface area contributed by atoms with Crippen molar-refractivity contribution in [3.63, 3.8) is 0 Å². The van der Waals surface area contributed by atoms with Crippen LogP contribution in [0.4, 0.5) is 0 Å². The van der Waals surface area contributed by atoms with Crippen LogP contribution in [0, 0.1) is 0 Å². The molecule has 1 aromatic heterocycles. The molecule has 6 aromatic rings. The van der Waals surface area contributed by atoms with Gasteiger partial charge < -0.3 is 4.42 Å². The van der Waals surface area contributed by atoms with E-state index in [1.165, 1.54) is 63.7 Å². The Hall–Kier alpha value is -3.40. The van der Waals surface area contributed by atoms with Gasteiger partial charge in [-0.15, -0.1) is 0 Å². The van der Waals surface area contributed by atoms with Gasteiger partial charge >= 0.3 is 0 Å². The summed E-state index contributed by atoms with van der Waals surface area (Å²) in [5, 5.41) is 2.34. The molecule has 36 heavy (non-hydrogen) atoms. The fraction of sp³-hybridized carbons (Fsp3) is 0.0909. The molecule has 3 heteroatoms. The number of benzene rings is 5. The van der Waals surface area contributed by atoms with Gasteiger partial charge in [0.2, 0.25) is 0 Å². The second kappa shape index (κ2) is 7.32. The van der Waals surface area contributed by atoms with Gasteiger partial charge in [0.1, 0.15) is 11.2 Å². The minimum atomic E-state index is -0.0513. The minimum Gasteiger partial charge on any atom is -0.456 e. The summed E-state index contributed by atoms with van der Waals surface area (Å²) in [7, 11) is 0. The molecule has 0 atom stereocenters. The molecule has 1 aliphatic heterocycles. The van der Waals surface area contributed by atoms with Gasteiger partial charge in [-0.05, 0) is 81.9 Å². The van der Waals surface area contributed by atoms with E-state index >= 15 is 0 Å². The van der Waals surface area contributed by atoms with E-state index in [-0.39, 0.29) is 5.41 Å². The Kier molecular flexibility index (Phi) is 4.22. The Labute approximate surface area is 218 Å². The molecule has 0 amide bonds. The molecule has 8 rings (SSSR count). The van der Waals surface area contributed by atoms with Crippen LogP contribution in [-0.4, -0.2) is 0 Å². The first-order valence-electron chi connectivity index (χ1n) is 12.3. The Morgan fingerprint density at radius 2 is 1.17 bits per heavy atom. The van der Waals surface area contributed by atoms with Gasteiger partial charge in [-0.1, -0.05) is 85.9 Å². The molecule has 0 radical (unpaired) electrons. The maximum Gasteiger partial charge on any atom is 0.135 e. The Morgan fingerprint density at radius 3 is 2.00 bits per heavy atom. The number of furan rings is 1. The zero-order chi connectivity index (χ0) is 24.0. The van der Waals surface area contributed by atoms with Crippen molar-refractivity contribution in [2.24, 2.45) is 0 Å². The van der Waals surface area contributed by atoms with Gasteiger partial charge in [0, 0.05) is 35.8 Å². The van der Waals surface area contributed by atoms with E-state index in [1.54, 1.807) is 0 Å². The maximum atomic E-state index is 6.06. The van der Waals surface area contributed by atoms with Crippen LogP contribution in [0.2, 0.25) is 0 Å². The number of fused-ring (bicyclic) bond motifs is 8. The summed E-state index contributed by atoms with van der Waals surface area (Å²) in [6.07, 6.45) is 0. The number of rotatable bonds is 1. The van der Waals surface area contributed by atoms with Crippen LogP contribution in [0.1, 0.15) is 25.0 Å². The first-order chi connectivity index (χ1) is 17.6. The van der Waals surface area contributed by atoms with Crippen LogP contribution >= 0.6 is 23.5 Å². The first kappa shape index (κ1) is 20.8. The third-order valence-corrected chi connectivity index (χ3v) is 10.3. The van der Waals surface area contributed by atoms with Gasteiger partial charge in [-0.2, -0.15) is 0 Å². The Morgan fingerprint density at radius 1 is 0.528 bits per heavy atom. The van der Waals surface area contributed by atoms with Crippen LogP contribution in [-0.2, 0) is 5.41 Å². The number of hydrogen-bond acceptors (Lipinski definition) is 3. The third kappa shape index (κ3) is 2.87. The van der Waals surface area contributed by atoms with Crippen molar-refractivity contribution in [2.75, 3.05) is 0 Å². The summed E-state index contributed by atoms with van der Waals surface area (Å²) in [5.41, 5.74) is 9.88. The molecule has 0 bridgehead atoms. The second-order valence-electron chi connectivity index (χ2n) is 10.2. The average Bonchev–Trinajstić information content (AvgIpc) is 3.38. The van der Waals surface area contributed by atoms with Gasteiger partial charge in [0.05, 0.1) is 0 Å². The Bertz CT molecular complexity index is 1880. The number of para-hydroxylation sites is 1. The van der Waals surface area contributed by atoms with Crippen LogP contribution in [0.5, 0.6) is 0 Å². The molecule has 0 fully saturated rings. The van der Waals surface area contributed by atoms with Crippen LogP contribution in [0.15, 0.2) is 121 Å². The molecule has 2 heterocycles. The molecule has 0 saturated carbocycles. The molecule has 1 aliphatic carbocycles. The average molecular weight is 499 g/mol. The molecule has 5 aromatic carbocycles. The van der Waals surface area contributed by atoms with Crippen LogP contribution in [0.25, 0.3) is 44.2 Å². The SMILES string of the molecule is CC1(C)c2cc(-c3ccc4oc5ccccc5c4c3)ccc2-c2cc3c(cc21)Sc1ccccc1S3. The molecule has 2 aliphatic rings. The molecule has 0 N–H and O–H groups in total. The Balaban J connectivity index is 1.26. The molecular formula is C33H22OS2. The van der Waals surface area contributed by atoms with Crippen molar-refractivity contribution >= 4 is 45.5 Å². The molecule has 0 unspecified atom stereocenters. The van der Waals surface area contributed by atoms with Gasteiger partial charge in [-0.3, -0.25) is 0 Å². The van der Waals surface area contributed by atoms with Crippen molar-refractivity contribution in [3.05, 3.63) is 108 Å². The van der Waals surface area contributed by atoms with Crippen LogP contribution < -0.4 is 0 Å². The summed E-state index contributed by atoms with van der Waals surface area (Å²) >= 11 is 3.80. The highest BCUT2D eigenvalue weighted by molar-refractivity contribution is 8.05. The normalized spacial score (nSPS) is 14.9. The maximum absolute atomic E-state index is 6.06. The number of hydrogen-bond donors (Lipinski definition) is 0. The lowest BCUT2D eigenvalue weighted by molar-refractivity contribution is 0.658. The van der Waals surface area contributed by atoms with E-state index in [4.69, 9.17) is 4.42 Å². The highest BCUT2D eigenvalue weighted by Gasteiger charge is 2.37. The van der Waals surface area contributed by atoms with Crippen molar-refractivity contribution in [2.45, 2.75) is 38.8 Å². The van der Waals surface area contributed by atoms with E-state index in [2.05, 4.69) is 98.8 Å². The molecule has 0 spiro atoms. The summed E-state index contributed by atoms with van der Waals surface area (Å²) in [6, 6.07) is 35.5. The van der Waals surface area contributed by atoms with Crippen molar-refractivity contribution in [1.29, 1.82) is 0 Å². The molecule has 1 nitrogen and oxygen atoms in total. The van der Waals surface area contributed by atoms with Crippen molar-refractivity contribution in [3.8, 4) is 22.3 Å². The predicted molar refractivity (Wildman–Crippen MR) is 151 cm³/mol. The molecule has 172 valence electrons. The standard InChI is InChI=1S/C33H22OS2/c1-33(2)25-16-20(19-12-14-28-24(15-19)22-7-3-4-8-27(22)34-28)11-13-21(25)23-17-31-32(18-26(23)33)36-30-10-6-5-9-29(30)35-31/h3-18H,1-2H3. The first-order valence-corrected chi connectivity index (χ1v) is 13.9. The second-order valence-corrected chi connectivity index (χ2v) is 12.4. The fourth-order valence-corrected chi connectivity index (χ4v) is 8.12. The van der Waals surface area contributed by atoms with Crippen molar-refractivity contribution in [1.82, 2.24) is 0 Å². The zero-order valence-corrected chi connectivity index (χ0v) is 21.6. The lowest BCUT2D eigenvalue weighted by Gasteiger charge is -2.24. The highest BCUT2D eigenvalue weighted by Crippen LogP contribution is 2.56. The topological polar surface area (TPSA) is 13.1 Å². The van der Waals surface area contributed by atoms with E-state index in [0.717, 1.165) is 11.2 Å².